The van der Waals surface area contributed by atoms with E-state index in [0.29, 0.717) is 5.92 Å². The number of aromatic nitrogens is 2. The second kappa shape index (κ2) is 6.30. The predicted octanol–water partition coefficient (Wildman–Crippen LogP) is 2.88. The molecule has 0 amide bonds. The fourth-order valence-corrected chi connectivity index (χ4v) is 2.97. The Bertz CT molecular complexity index is 474. The quantitative estimate of drug-likeness (QED) is 0.904. The van der Waals surface area contributed by atoms with Crippen molar-refractivity contribution in [2.24, 2.45) is 5.92 Å². The van der Waals surface area contributed by atoms with Gasteiger partial charge in [-0.15, -0.1) is 0 Å². The Kier molecular flexibility index (Phi) is 4.43. The van der Waals surface area contributed by atoms with Crippen LogP contribution >= 0.6 is 0 Å². The molecular formula is C17H28N4. The van der Waals surface area contributed by atoms with Gasteiger partial charge in [0.1, 0.15) is 0 Å². The van der Waals surface area contributed by atoms with Crippen molar-refractivity contribution in [3.63, 3.8) is 0 Å². The minimum atomic E-state index is 0.464. The van der Waals surface area contributed by atoms with Crippen molar-refractivity contribution in [1.82, 2.24) is 15.3 Å². The average molecular weight is 288 g/mol. The van der Waals surface area contributed by atoms with Crippen molar-refractivity contribution in [2.45, 2.75) is 58.4 Å². The van der Waals surface area contributed by atoms with Gasteiger partial charge in [-0.25, -0.2) is 9.97 Å². The van der Waals surface area contributed by atoms with Crippen LogP contribution in [0, 0.1) is 12.8 Å². The summed E-state index contributed by atoms with van der Waals surface area (Å²) in [5.41, 5.74) is 2.25. The SMILES string of the molecule is Cc1cc(C(C)C)nc(N2CCC(CNC3CC3)CC2)n1. The highest BCUT2D eigenvalue weighted by molar-refractivity contribution is 5.33. The standard InChI is InChI=1S/C17H28N4/c1-12(2)16-10-13(3)19-17(20-16)21-8-6-14(7-9-21)11-18-15-4-5-15/h10,12,14-15,18H,4-9,11H2,1-3H3. The molecule has 0 atom stereocenters. The van der Waals surface area contributed by atoms with Crippen LogP contribution in [0.4, 0.5) is 5.95 Å². The molecule has 0 unspecified atom stereocenters. The van der Waals surface area contributed by atoms with Gasteiger partial charge in [0.15, 0.2) is 0 Å². The van der Waals surface area contributed by atoms with Gasteiger partial charge < -0.3 is 10.2 Å². The first-order chi connectivity index (χ1) is 10.1. The predicted molar refractivity (Wildman–Crippen MR) is 86.8 cm³/mol. The van der Waals surface area contributed by atoms with Crippen LogP contribution in [-0.4, -0.2) is 35.6 Å². The van der Waals surface area contributed by atoms with Gasteiger partial charge in [-0.1, -0.05) is 13.8 Å². The largest absolute Gasteiger partial charge is 0.341 e. The minimum Gasteiger partial charge on any atom is -0.341 e. The minimum absolute atomic E-state index is 0.464. The second-order valence-corrected chi connectivity index (χ2v) is 7.00. The van der Waals surface area contributed by atoms with Gasteiger partial charge in [-0.2, -0.15) is 0 Å². The molecule has 116 valence electrons. The van der Waals surface area contributed by atoms with Crippen molar-refractivity contribution in [3.05, 3.63) is 17.5 Å². The van der Waals surface area contributed by atoms with Crippen LogP contribution < -0.4 is 10.2 Å². The molecule has 1 aromatic heterocycles. The lowest BCUT2D eigenvalue weighted by Gasteiger charge is -2.32. The zero-order valence-electron chi connectivity index (χ0n) is 13.6. The van der Waals surface area contributed by atoms with Crippen LogP contribution in [0.15, 0.2) is 6.07 Å². The fourth-order valence-electron chi connectivity index (χ4n) is 2.97. The van der Waals surface area contributed by atoms with E-state index in [0.717, 1.165) is 42.4 Å². The average Bonchev–Trinajstić information content (AvgIpc) is 3.29. The Morgan fingerprint density at radius 2 is 1.90 bits per heavy atom. The topological polar surface area (TPSA) is 41.1 Å². The third-order valence-corrected chi connectivity index (χ3v) is 4.62. The number of nitrogens with one attached hydrogen (secondary N) is 1. The number of rotatable bonds is 5. The Hall–Kier alpha value is -1.16. The fraction of sp³-hybridized carbons (Fsp3) is 0.765. The lowest BCUT2D eigenvalue weighted by Crippen LogP contribution is -2.38. The maximum Gasteiger partial charge on any atom is 0.225 e. The molecular weight excluding hydrogens is 260 g/mol. The molecule has 2 aliphatic rings. The molecule has 1 saturated carbocycles. The van der Waals surface area contributed by atoms with Crippen LogP contribution in [0.1, 0.15) is 56.8 Å². The molecule has 21 heavy (non-hydrogen) atoms. The van der Waals surface area contributed by atoms with Gasteiger partial charge in [0.25, 0.3) is 0 Å². The van der Waals surface area contributed by atoms with Crippen LogP contribution in [0.3, 0.4) is 0 Å². The summed E-state index contributed by atoms with van der Waals surface area (Å²) >= 11 is 0. The van der Waals surface area contributed by atoms with Gasteiger partial charge in [0.05, 0.1) is 0 Å². The number of piperidine rings is 1. The van der Waals surface area contributed by atoms with Gasteiger partial charge in [-0.3, -0.25) is 0 Å². The van der Waals surface area contributed by atoms with E-state index in [9.17, 15) is 0 Å². The van der Waals surface area contributed by atoms with E-state index in [-0.39, 0.29) is 0 Å². The monoisotopic (exact) mass is 288 g/mol. The summed E-state index contributed by atoms with van der Waals surface area (Å²) in [6.07, 6.45) is 5.28. The summed E-state index contributed by atoms with van der Waals surface area (Å²) in [6, 6.07) is 2.94. The molecule has 0 spiro atoms. The van der Waals surface area contributed by atoms with E-state index in [1.807, 2.05) is 0 Å². The summed E-state index contributed by atoms with van der Waals surface area (Å²) in [4.78, 5) is 11.8. The zero-order chi connectivity index (χ0) is 14.8. The Labute approximate surface area is 128 Å². The number of nitrogens with zero attached hydrogens (tertiary/aromatic N) is 3. The summed E-state index contributed by atoms with van der Waals surface area (Å²) in [6.45, 7) is 9.85. The number of anilines is 1. The first-order valence-corrected chi connectivity index (χ1v) is 8.45. The number of hydrogen-bond acceptors (Lipinski definition) is 4. The third kappa shape index (κ3) is 3.94. The van der Waals surface area contributed by atoms with Crippen LogP contribution in [0.25, 0.3) is 0 Å². The molecule has 2 heterocycles. The van der Waals surface area contributed by atoms with Crippen molar-refractivity contribution in [2.75, 3.05) is 24.5 Å². The first-order valence-electron chi connectivity index (χ1n) is 8.45. The van der Waals surface area contributed by atoms with E-state index in [1.54, 1.807) is 0 Å². The smallest absolute Gasteiger partial charge is 0.225 e. The molecule has 1 aliphatic carbocycles. The number of aryl methyl sites for hydroxylation is 1. The highest BCUT2D eigenvalue weighted by atomic mass is 15.3. The summed E-state index contributed by atoms with van der Waals surface area (Å²) in [5, 5.41) is 3.66. The molecule has 1 aliphatic heterocycles. The van der Waals surface area contributed by atoms with Crippen LogP contribution in [-0.2, 0) is 0 Å². The van der Waals surface area contributed by atoms with Gasteiger partial charge in [0.2, 0.25) is 5.95 Å². The molecule has 0 radical (unpaired) electrons. The molecule has 2 fully saturated rings. The summed E-state index contributed by atoms with van der Waals surface area (Å²) in [7, 11) is 0. The molecule has 1 aromatic rings. The Morgan fingerprint density at radius 1 is 1.19 bits per heavy atom. The van der Waals surface area contributed by atoms with E-state index in [1.165, 1.54) is 32.2 Å². The summed E-state index contributed by atoms with van der Waals surface area (Å²) < 4.78 is 0. The van der Waals surface area contributed by atoms with E-state index >= 15 is 0 Å². The Balaban J connectivity index is 1.58. The van der Waals surface area contributed by atoms with Crippen molar-refractivity contribution >= 4 is 5.95 Å². The van der Waals surface area contributed by atoms with E-state index < -0.39 is 0 Å². The van der Waals surface area contributed by atoms with E-state index in [4.69, 9.17) is 4.98 Å². The van der Waals surface area contributed by atoms with Crippen LogP contribution in [0.2, 0.25) is 0 Å². The molecule has 1 N–H and O–H groups in total. The highest BCUT2D eigenvalue weighted by Gasteiger charge is 2.25. The van der Waals surface area contributed by atoms with Gasteiger partial charge in [0, 0.05) is 30.5 Å². The lowest BCUT2D eigenvalue weighted by molar-refractivity contribution is 0.379. The normalized spacial score (nSPS) is 20.3. The lowest BCUT2D eigenvalue weighted by atomic mass is 9.97. The maximum atomic E-state index is 4.77. The highest BCUT2D eigenvalue weighted by Crippen LogP contribution is 2.24. The molecule has 4 heteroatoms. The second-order valence-electron chi connectivity index (χ2n) is 7.00. The zero-order valence-corrected chi connectivity index (χ0v) is 13.6. The molecule has 4 nitrogen and oxygen atoms in total. The van der Waals surface area contributed by atoms with Crippen molar-refractivity contribution in [1.29, 1.82) is 0 Å². The Morgan fingerprint density at radius 3 is 2.52 bits per heavy atom. The molecule has 3 rings (SSSR count). The molecule has 1 saturated heterocycles. The van der Waals surface area contributed by atoms with E-state index in [2.05, 4.69) is 42.0 Å². The van der Waals surface area contributed by atoms with Crippen LogP contribution in [0.5, 0.6) is 0 Å². The van der Waals surface area contributed by atoms with Crippen molar-refractivity contribution in [3.8, 4) is 0 Å². The maximum absolute atomic E-state index is 4.77. The van der Waals surface area contributed by atoms with Crippen molar-refractivity contribution < 1.29 is 0 Å². The molecule has 0 aromatic carbocycles. The summed E-state index contributed by atoms with van der Waals surface area (Å²) in [5.74, 6) is 2.23. The first kappa shape index (κ1) is 14.8. The third-order valence-electron chi connectivity index (χ3n) is 4.62. The number of hydrogen-bond donors (Lipinski definition) is 1. The molecule has 0 bridgehead atoms. The van der Waals surface area contributed by atoms with Gasteiger partial charge in [-0.05, 0) is 57.1 Å². The van der Waals surface area contributed by atoms with Gasteiger partial charge >= 0.3 is 0 Å².